The van der Waals surface area contributed by atoms with Crippen molar-refractivity contribution in [2.75, 3.05) is 6.54 Å². The Morgan fingerprint density at radius 1 is 1.19 bits per heavy atom. The second-order valence-electron chi connectivity index (χ2n) is 5.24. The van der Waals surface area contributed by atoms with Gasteiger partial charge in [-0.25, -0.2) is 0 Å². The molecule has 2 N–H and O–H groups in total. The summed E-state index contributed by atoms with van der Waals surface area (Å²) in [5, 5.41) is 5.44. The number of furan rings is 1. The van der Waals surface area contributed by atoms with Crippen LogP contribution in [0.2, 0.25) is 0 Å². The highest BCUT2D eigenvalue weighted by Gasteiger charge is 2.10. The van der Waals surface area contributed by atoms with Crippen molar-refractivity contribution < 1.29 is 14.0 Å². The van der Waals surface area contributed by atoms with E-state index in [0.717, 1.165) is 19.3 Å². The number of hydrogen-bond donors (Lipinski definition) is 2. The summed E-state index contributed by atoms with van der Waals surface area (Å²) in [7, 11) is 0. The molecule has 0 saturated carbocycles. The summed E-state index contributed by atoms with van der Waals surface area (Å²) in [4.78, 5) is 23.2. The minimum Gasteiger partial charge on any atom is -0.467 e. The lowest BCUT2D eigenvalue weighted by atomic mass is 9.97. The standard InChI is InChI=1S/C16H22N2O3/c19-15(17-9-8-13-5-2-1-3-6-13)11-16(20)18-12-14-7-4-10-21-14/h4-5,7,10H,1-3,6,8-9,11-12H2,(H,17,19)(H,18,20). The molecule has 114 valence electrons. The number of rotatable bonds is 7. The minimum absolute atomic E-state index is 0.139. The highest BCUT2D eigenvalue weighted by Crippen LogP contribution is 2.19. The fourth-order valence-electron chi connectivity index (χ4n) is 2.36. The Morgan fingerprint density at radius 2 is 2.05 bits per heavy atom. The first-order valence-electron chi connectivity index (χ1n) is 7.48. The van der Waals surface area contributed by atoms with Crippen molar-refractivity contribution in [3.05, 3.63) is 35.8 Å². The molecule has 2 amide bonds. The summed E-state index contributed by atoms with van der Waals surface area (Å²) in [6, 6.07) is 3.53. The number of carbonyl (C=O) groups is 2. The van der Waals surface area contributed by atoms with Gasteiger partial charge >= 0.3 is 0 Å². The van der Waals surface area contributed by atoms with Crippen molar-refractivity contribution in [1.82, 2.24) is 10.6 Å². The number of hydrogen-bond acceptors (Lipinski definition) is 3. The predicted molar refractivity (Wildman–Crippen MR) is 79.3 cm³/mol. The lowest BCUT2D eigenvalue weighted by molar-refractivity contribution is -0.129. The first-order valence-corrected chi connectivity index (χ1v) is 7.48. The molecule has 1 aromatic heterocycles. The topological polar surface area (TPSA) is 71.3 Å². The van der Waals surface area contributed by atoms with E-state index in [2.05, 4.69) is 16.7 Å². The number of carbonyl (C=O) groups excluding carboxylic acids is 2. The van der Waals surface area contributed by atoms with Gasteiger partial charge in [-0.15, -0.1) is 0 Å². The fourth-order valence-corrected chi connectivity index (χ4v) is 2.36. The Hall–Kier alpha value is -2.04. The number of amides is 2. The van der Waals surface area contributed by atoms with Crippen molar-refractivity contribution in [3.8, 4) is 0 Å². The largest absolute Gasteiger partial charge is 0.467 e. The van der Waals surface area contributed by atoms with Crippen LogP contribution in [0.1, 0.15) is 44.3 Å². The van der Waals surface area contributed by atoms with Crippen molar-refractivity contribution in [3.63, 3.8) is 0 Å². The minimum atomic E-state index is -0.291. The maximum Gasteiger partial charge on any atom is 0.229 e. The van der Waals surface area contributed by atoms with Gasteiger partial charge in [-0.1, -0.05) is 11.6 Å². The Balaban J connectivity index is 1.58. The summed E-state index contributed by atoms with van der Waals surface area (Å²) in [5.41, 5.74) is 1.42. The van der Waals surface area contributed by atoms with Crippen LogP contribution in [0.4, 0.5) is 0 Å². The van der Waals surface area contributed by atoms with Crippen LogP contribution in [-0.2, 0) is 16.1 Å². The van der Waals surface area contributed by atoms with Gasteiger partial charge in [-0.05, 0) is 44.2 Å². The molecule has 1 heterocycles. The van der Waals surface area contributed by atoms with Gasteiger partial charge in [0.2, 0.25) is 11.8 Å². The molecule has 2 rings (SSSR count). The average molecular weight is 290 g/mol. The van der Waals surface area contributed by atoms with Gasteiger partial charge in [0, 0.05) is 6.54 Å². The Kier molecular flexibility index (Phi) is 6.06. The molecular weight excluding hydrogens is 268 g/mol. The second kappa shape index (κ2) is 8.29. The van der Waals surface area contributed by atoms with Gasteiger partial charge < -0.3 is 15.1 Å². The van der Waals surface area contributed by atoms with Crippen molar-refractivity contribution in [2.45, 2.75) is 45.1 Å². The fraction of sp³-hybridized carbons (Fsp3) is 0.500. The van der Waals surface area contributed by atoms with E-state index < -0.39 is 0 Å². The highest BCUT2D eigenvalue weighted by molar-refractivity contribution is 5.96. The first kappa shape index (κ1) is 15.4. The van der Waals surface area contributed by atoms with E-state index in [1.54, 1.807) is 18.4 Å². The van der Waals surface area contributed by atoms with E-state index in [1.807, 2.05) is 0 Å². The van der Waals surface area contributed by atoms with Gasteiger partial charge in [0.1, 0.15) is 12.2 Å². The third-order valence-electron chi connectivity index (χ3n) is 3.51. The average Bonchev–Trinajstić information content (AvgIpc) is 2.99. The summed E-state index contributed by atoms with van der Waals surface area (Å²) < 4.78 is 5.10. The predicted octanol–water partition coefficient (Wildman–Crippen LogP) is 2.29. The molecule has 0 unspecified atom stereocenters. The molecule has 0 fully saturated rings. The molecule has 1 aliphatic carbocycles. The monoisotopic (exact) mass is 290 g/mol. The van der Waals surface area contributed by atoms with Gasteiger partial charge in [0.25, 0.3) is 0 Å². The molecule has 0 radical (unpaired) electrons. The Labute approximate surface area is 124 Å². The zero-order valence-electron chi connectivity index (χ0n) is 12.2. The second-order valence-corrected chi connectivity index (χ2v) is 5.24. The van der Waals surface area contributed by atoms with Crippen LogP contribution >= 0.6 is 0 Å². The van der Waals surface area contributed by atoms with Crippen molar-refractivity contribution >= 4 is 11.8 Å². The third kappa shape index (κ3) is 5.85. The van der Waals surface area contributed by atoms with Gasteiger partial charge in [-0.2, -0.15) is 0 Å². The normalized spacial score (nSPS) is 14.4. The molecule has 0 aliphatic heterocycles. The maximum absolute atomic E-state index is 11.6. The highest BCUT2D eigenvalue weighted by atomic mass is 16.3. The van der Waals surface area contributed by atoms with E-state index in [9.17, 15) is 9.59 Å². The first-order chi connectivity index (χ1) is 10.2. The molecule has 1 aliphatic rings. The van der Waals surface area contributed by atoms with Crippen molar-refractivity contribution in [2.24, 2.45) is 0 Å². The zero-order valence-corrected chi connectivity index (χ0v) is 12.2. The summed E-state index contributed by atoms with van der Waals surface area (Å²) in [6.45, 7) is 0.919. The summed E-state index contributed by atoms with van der Waals surface area (Å²) >= 11 is 0. The van der Waals surface area contributed by atoms with Crippen LogP contribution in [-0.4, -0.2) is 18.4 Å². The van der Waals surface area contributed by atoms with E-state index in [-0.39, 0.29) is 18.2 Å². The van der Waals surface area contributed by atoms with Gasteiger partial charge in [0.15, 0.2) is 0 Å². The van der Waals surface area contributed by atoms with E-state index in [0.29, 0.717) is 18.8 Å². The smallest absolute Gasteiger partial charge is 0.229 e. The number of allylic oxidation sites excluding steroid dienone is 1. The zero-order chi connectivity index (χ0) is 14.9. The van der Waals surface area contributed by atoms with Crippen LogP contribution in [0.25, 0.3) is 0 Å². The number of nitrogens with one attached hydrogen (secondary N) is 2. The van der Waals surface area contributed by atoms with Crippen LogP contribution < -0.4 is 10.6 Å². The van der Waals surface area contributed by atoms with Gasteiger partial charge in [0.05, 0.1) is 12.8 Å². The summed E-state index contributed by atoms with van der Waals surface area (Å²) in [5.74, 6) is 0.150. The molecule has 1 aromatic rings. The lowest BCUT2D eigenvalue weighted by Crippen LogP contribution is -2.32. The van der Waals surface area contributed by atoms with E-state index in [4.69, 9.17) is 4.42 Å². The molecule has 0 saturated heterocycles. The molecular formula is C16H22N2O3. The molecule has 5 heteroatoms. The molecule has 0 atom stereocenters. The molecule has 0 aromatic carbocycles. The Bertz CT molecular complexity index is 492. The summed E-state index contributed by atoms with van der Waals surface area (Å²) in [6.07, 6.45) is 9.37. The van der Waals surface area contributed by atoms with E-state index in [1.165, 1.54) is 18.4 Å². The van der Waals surface area contributed by atoms with Crippen LogP contribution in [0, 0.1) is 0 Å². The van der Waals surface area contributed by atoms with Crippen LogP contribution in [0.5, 0.6) is 0 Å². The van der Waals surface area contributed by atoms with Gasteiger partial charge in [-0.3, -0.25) is 9.59 Å². The molecule has 5 nitrogen and oxygen atoms in total. The molecule has 0 bridgehead atoms. The van der Waals surface area contributed by atoms with E-state index >= 15 is 0 Å². The molecule has 0 spiro atoms. The maximum atomic E-state index is 11.6. The SMILES string of the molecule is O=C(CC(=O)NCc1ccco1)NCCC1=CCCCC1. The van der Waals surface area contributed by atoms with Crippen molar-refractivity contribution in [1.29, 1.82) is 0 Å². The molecule has 21 heavy (non-hydrogen) atoms. The lowest BCUT2D eigenvalue weighted by Gasteiger charge is -2.12. The van der Waals surface area contributed by atoms with Crippen LogP contribution in [0.15, 0.2) is 34.5 Å². The van der Waals surface area contributed by atoms with Crippen LogP contribution in [0.3, 0.4) is 0 Å². The Morgan fingerprint density at radius 3 is 2.76 bits per heavy atom. The third-order valence-corrected chi connectivity index (χ3v) is 3.51. The quantitative estimate of drug-likeness (QED) is 0.598.